The Morgan fingerprint density at radius 2 is 2.25 bits per heavy atom. The van der Waals surface area contributed by atoms with E-state index in [4.69, 9.17) is 10.5 Å². The van der Waals surface area contributed by atoms with Crippen molar-refractivity contribution in [3.05, 3.63) is 0 Å². The van der Waals surface area contributed by atoms with Crippen molar-refractivity contribution in [2.75, 3.05) is 33.3 Å². The Balaban J connectivity index is 2.09. The fourth-order valence-corrected chi connectivity index (χ4v) is 3.55. The molecule has 1 saturated carbocycles. The first-order chi connectivity index (χ1) is 9.46. The van der Waals surface area contributed by atoms with Crippen molar-refractivity contribution in [2.24, 2.45) is 11.7 Å². The summed E-state index contributed by atoms with van der Waals surface area (Å²) in [5, 5.41) is 3.39. The van der Waals surface area contributed by atoms with E-state index in [1.54, 1.807) is 7.11 Å². The number of hydrogen-bond acceptors (Lipinski definition) is 4. The number of likely N-dealkylation sites (tertiary alicyclic amines) is 1. The second-order valence-electron chi connectivity index (χ2n) is 6.61. The van der Waals surface area contributed by atoms with Gasteiger partial charge in [0.1, 0.15) is 5.54 Å². The van der Waals surface area contributed by atoms with Crippen LogP contribution in [0.5, 0.6) is 0 Å². The minimum atomic E-state index is -0.555. The highest BCUT2D eigenvalue weighted by Gasteiger charge is 2.50. The number of nitrogens with two attached hydrogens (primary N) is 1. The summed E-state index contributed by atoms with van der Waals surface area (Å²) in [6.45, 7) is 7.56. The number of nitrogens with zero attached hydrogens (tertiary/aromatic N) is 1. The van der Waals surface area contributed by atoms with Gasteiger partial charge in [-0.1, -0.05) is 6.92 Å². The molecular weight excluding hydrogens is 254 g/mol. The van der Waals surface area contributed by atoms with Crippen molar-refractivity contribution in [3.8, 4) is 0 Å². The molecule has 2 aliphatic rings. The number of ether oxygens (including phenoxy) is 1. The van der Waals surface area contributed by atoms with Crippen LogP contribution in [0.15, 0.2) is 0 Å². The van der Waals surface area contributed by atoms with Gasteiger partial charge in [0.2, 0.25) is 5.91 Å². The lowest BCUT2D eigenvalue weighted by atomic mass is 9.88. The van der Waals surface area contributed by atoms with Crippen LogP contribution >= 0.6 is 0 Å². The summed E-state index contributed by atoms with van der Waals surface area (Å²) < 4.78 is 5.64. The molecule has 0 aromatic heterocycles. The van der Waals surface area contributed by atoms with Gasteiger partial charge in [0.25, 0.3) is 0 Å². The van der Waals surface area contributed by atoms with Gasteiger partial charge in [-0.05, 0) is 51.6 Å². The first-order valence-electron chi connectivity index (χ1n) is 7.78. The number of piperidine rings is 1. The van der Waals surface area contributed by atoms with Crippen LogP contribution in [0.2, 0.25) is 0 Å². The van der Waals surface area contributed by atoms with Crippen molar-refractivity contribution < 1.29 is 9.53 Å². The molecule has 1 saturated heterocycles. The van der Waals surface area contributed by atoms with Crippen molar-refractivity contribution >= 4 is 5.91 Å². The summed E-state index contributed by atoms with van der Waals surface area (Å²) in [5.41, 5.74) is 5.10. The number of primary amides is 1. The third kappa shape index (κ3) is 3.15. The average molecular weight is 283 g/mol. The molecule has 5 heteroatoms. The topological polar surface area (TPSA) is 67.6 Å². The predicted octanol–water partition coefficient (Wildman–Crippen LogP) is 0.731. The van der Waals surface area contributed by atoms with E-state index in [-0.39, 0.29) is 11.5 Å². The van der Waals surface area contributed by atoms with Gasteiger partial charge in [-0.2, -0.15) is 0 Å². The number of methoxy groups -OCH3 is 1. The number of carbonyl (C=O) groups excluding carboxylic acids is 1. The molecule has 20 heavy (non-hydrogen) atoms. The summed E-state index contributed by atoms with van der Waals surface area (Å²) in [4.78, 5) is 14.4. The van der Waals surface area contributed by atoms with E-state index in [0.29, 0.717) is 12.5 Å². The number of rotatable bonds is 7. The molecule has 1 amide bonds. The molecule has 2 atom stereocenters. The van der Waals surface area contributed by atoms with Gasteiger partial charge in [-0.25, -0.2) is 0 Å². The number of carbonyl (C=O) groups is 1. The zero-order valence-corrected chi connectivity index (χ0v) is 13.1. The summed E-state index contributed by atoms with van der Waals surface area (Å²) in [5.74, 6) is 0.197. The smallest absolute Gasteiger partial charge is 0.239 e. The zero-order chi connectivity index (χ0) is 14.8. The molecule has 2 fully saturated rings. The minimum Gasteiger partial charge on any atom is -0.377 e. The maximum atomic E-state index is 12.1. The molecular formula is C15H29N3O2. The van der Waals surface area contributed by atoms with Gasteiger partial charge in [0.15, 0.2) is 0 Å². The Morgan fingerprint density at radius 3 is 2.75 bits per heavy atom. The van der Waals surface area contributed by atoms with Crippen LogP contribution < -0.4 is 11.1 Å². The summed E-state index contributed by atoms with van der Waals surface area (Å²) >= 11 is 0. The summed E-state index contributed by atoms with van der Waals surface area (Å²) in [6, 6.07) is 0. The number of amides is 1. The highest BCUT2D eigenvalue weighted by atomic mass is 16.5. The first kappa shape index (κ1) is 15.7. The first-order valence-corrected chi connectivity index (χ1v) is 7.78. The lowest BCUT2D eigenvalue weighted by molar-refractivity contribution is -0.127. The highest BCUT2D eigenvalue weighted by molar-refractivity contribution is 5.86. The normalized spacial score (nSPS) is 30.9. The van der Waals surface area contributed by atoms with Crippen LogP contribution in [0, 0.1) is 5.92 Å². The zero-order valence-electron chi connectivity index (χ0n) is 13.1. The maximum absolute atomic E-state index is 12.1. The average Bonchev–Trinajstić information content (AvgIpc) is 3.22. The number of nitrogens with one attached hydrogen (secondary N) is 1. The SMILES string of the molecule is CCNC(CN1CCCC(C)(OC)C1)(C(N)=O)C1CC1. The third-order valence-corrected chi connectivity index (χ3v) is 4.91. The molecule has 0 aromatic rings. The molecule has 1 aliphatic carbocycles. The molecule has 0 spiro atoms. The van der Waals surface area contributed by atoms with Crippen LogP contribution in [0.3, 0.4) is 0 Å². The van der Waals surface area contributed by atoms with Crippen LogP contribution in [0.25, 0.3) is 0 Å². The summed E-state index contributed by atoms with van der Waals surface area (Å²) in [7, 11) is 1.77. The summed E-state index contributed by atoms with van der Waals surface area (Å²) in [6.07, 6.45) is 4.39. The van der Waals surface area contributed by atoms with E-state index in [1.165, 1.54) is 0 Å². The van der Waals surface area contributed by atoms with Gasteiger partial charge in [-0.15, -0.1) is 0 Å². The van der Waals surface area contributed by atoms with Crippen LogP contribution in [-0.2, 0) is 9.53 Å². The minimum absolute atomic E-state index is 0.0998. The fraction of sp³-hybridized carbons (Fsp3) is 0.933. The van der Waals surface area contributed by atoms with Crippen molar-refractivity contribution in [3.63, 3.8) is 0 Å². The molecule has 1 heterocycles. The molecule has 0 aromatic carbocycles. The van der Waals surface area contributed by atoms with Crippen molar-refractivity contribution in [1.82, 2.24) is 10.2 Å². The fourth-order valence-electron chi connectivity index (χ4n) is 3.55. The van der Waals surface area contributed by atoms with E-state index in [2.05, 4.69) is 17.1 Å². The van der Waals surface area contributed by atoms with E-state index < -0.39 is 5.54 Å². The second-order valence-corrected chi connectivity index (χ2v) is 6.61. The van der Waals surface area contributed by atoms with Gasteiger partial charge < -0.3 is 15.8 Å². The lowest BCUT2D eigenvalue weighted by Gasteiger charge is -2.44. The molecule has 1 aliphatic heterocycles. The Labute approximate surface area is 122 Å². The van der Waals surface area contributed by atoms with E-state index >= 15 is 0 Å². The van der Waals surface area contributed by atoms with E-state index in [1.807, 2.05) is 6.92 Å². The van der Waals surface area contributed by atoms with Crippen LogP contribution in [0.4, 0.5) is 0 Å². The lowest BCUT2D eigenvalue weighted by Crippen LogP contribution is -2.65. The van der Waals surface area contributed by atoms with Crippen molar-refractivity contribution in [1.29, 1.82) is 0 Å². The Morgan fingerprint density at radius 1 is 1.55 bits per heavy atom. The molecule has 116 valence electrons. The van der Waals surface area contributed by atoms with Crippen molar-refractivity contribution in [2.45, 2.75) is 50.7 Å². The molecule has 0 radical (unpaired) electrons. The number of likely N-dealkylation sites (N-methyl/N-ethyl adjacent to an activating group) is 1. The monoisotopic (exact) mass is 283 g/mol. The number of hydrogen-bond donors (Lipinski definition) is 2. The Kier molecular flexibility index (Phi) is 4.72. The van der Waals surface area contributed by atoms with Crippen LogP contribution in [-0.4, -0.2) is 55.2 Å². The van der Waals surface area contributed by atoms with E-state index in [9.17, 15) is 4.79 Å². The largest absolute Gasteiger partial charge is 0.377 e. The molecule has 2 rings (SSSR count). The quantitative estimate of drug-likeness (QED) is 0.723. The molecule has 3 N–H and O–H groups in total. The highest BCUT2D eigenvalue weighted by Crippen LogP contribution is 2.40. The van der Waals surface area contributed by atoms with Gasteiger partial charge >= 0.3 is 0 Å². The maximum Gasteiger partial charge on any atom is 0.239 e. The van der Waals surface area contributed by atoms with Gasteiger partial charge in [0.05, 0.1) is 5.60 Å². The Bertz CT molecular complexity index is 359. The molecule has 0 bridgehead atoms. The van der Waals surface area contributed by atoms with Gasteiger partial charge in [-0.3, -0.25) is 9.69 Å². The predicted molar refractivity (Wildman–Crippen MR) is 79.4 cm³/mol. The van der Waals surface area contributed by atoms with E-state index in [0.717, 1.165) is 45.3 Å². The standard InChI is InChI=1S/C15H29N3O2/c1-4-17-15(13(16)19,12-6-7-12)11-18-9-5-8-14(2,10-18)20-3/h12,17H,4-11H2,1-3H3,(H2,16,19). The van der Waals surface area contributed by atoms with Crippen LogP contribution in [0.1, 0.15) is 39.5 Å². The third-order valence-electron chi connectivity index (χ3n) is 4.91. The van der Waals surface area contributed by atoms with Gasteiger partial charge in [0, 0.05) is 20.2 Å². The second kappa shape index (κ2) is 6.00. The molecule has 5 nitrogen and oxygen atoms in total. The Hall–Kier alpha value is -0.650. The molecule has 2 unspecified atom stereocenters.